The van der Waals surface area contributed by atoms with Gasteiger partial charge in [-0.1, -0.05) is 0 Å². The maximum absolute atomic E-state index is 12.5. The van der Waals surface area contributed by atoms with Gasteiger partial charge in [0.25, 0.3) is 0 Å². The van der Waals surface area contributed by atoms with Gasteiger partial charge in [-0.15, -0.1) is 11.3 Å². The van der Waals surface area contributed by atoms with Gasteiger partial charge < -0.3 is 5.32 Å². The van der Waals surface area contributed by atoms with Crippen LogP contribution in [0.3, 0.4) is 0 Å². The van der Waals surface area contributed by atoms with Crippen molar-refractivity contribution in [2.24, 2.45) is 11.3 Å². The summed E-state index contributed by atoms with van der Waals surface area (Å²) in [5.74, 6) is 1.37. The van der Waals surface area contributed by atoms with Crippen LogP contribution in [0.5, 0.6) is 0 Å². The van der Waals surface area contributed by atoms with Crippen molar-refractivity contribution in [3.8, 4) is 0 Å². The summed E-state index contributed by atoms with van der Waals surface area (Å²) in [5, 5.41) is 7.72. The van der Waals surface area contributed by atoms with Crippen molar-refractivity contribution in [1.82, 2.24) is 25.0 Å². The number of aromatic nitrogens is 3. The van der Waals surface area contributed by atoms with Crippen LogP contribution in [0, 0.1) is 18.3 Å². The summed E-state index contributed by atoms with van der Waals surface area (Å²) < 4.78 is 1.98. The average molecular weight is 372 g/mol. The molecule has 4 heterocycles. The van der Waals surface area contributed by atoms with Gasteiger partial charge in [-0.05, 0) is 51.3 Å². The number of likely N-dealkylation sites (tertiary alicyclic amines) is 1. The van der Waals surface area contributed by atoms with Crippen LogP contribution in [0.15, 0.2) is 18.5 Å². The third kappa shape index (κ3) is 2.87. The number of carbonyl (C=O) groups excluding carboxylic acids is 1. The van der Waals surface area contributed by atoms with Crippen LogP contribution in [0.1, 0.15) is 47.3 Å². The van der Waals surface area contributed by atoms with Crippen molar-refractivity contribution in [1.29, 1.82) is 0 Å². The Balaban J connectivity index is 1.38. The maximum atomic E-state index is 12.5. The molecule has 0 radical (unpaired) electrons. The quantitative estimate of drug-likeness (QED) is 0.897. The summed E-state index contributed by atoms with van der Waals surface area (Å²) in [5.41, 5.74) is 0.0832. The van der Waals surface area contributed by atoms with Crippen LogP contribution < -0.4 is 5.32 Å². The monoisotopic (exact) mass is 371 g/mol. The minimum absolute atomic E-state index is 0.0121. The van der Waals surface area contributed by atoms with Gasteiger partial charge in [0, 0.05) is 40.7 Å². The molecule has 1 saturated heterocycles. The van der Waals surface area contributed by atoms with E-state index in [2.05, 4.69) is 39.4 Å². The Morgan fingerprint density at radius 3 is 2.96 bits per heavy atom. The maximum Gasteiger partial charge on any atom is 0.223 e. The second-order valence-corrected chi connectivity index (χ2v) is 9.52. The summed E-state index contributed by atoms with van der Waals surface area (Å²) >= 11 is 1.89. The summed E-state index contributed by atoms with van der Waals surface area (Å²) in [6.07, 6.45) is 5.86. The number of thiophene rings is 1. The van der Waals surface area contributed by atoms with Gasteiger partial charge in [-0.2, -0.15) is 5.10 Å². The van der Waals surface area contributed by atoms with Gasteiger partial charge in [-0.3, -0.25) is 9.69 Å². The summed E-state index contributed by atoms with van der Waals surface area (Å²) in [4.78, 5) is 22.4. The van der Waals surface area contributed by atoms with Gasteiger partial charge in [0.05, 0.1) is 6.04 Å². The van der Waals surface area contributed by atoms with Crippen LogP contribution in [-0.4, -0.2) is 38.7 Å². The number of carbonyl (C=O) groups is 1. The third-order valence-electron chi connectivity index (χ3n) is 6.21. The van der Waals surface area contributed by atoms with Crippen LogP contribution in [0.2, 0.25) is 0 Å². The Morgan fingerprint density at radius 1 is 1.35 bits per heavy atom. The lowest BCUT2D eigenvalue weighted by Crippen LogP contribution is -2.47. The molecule has 3 aliphatic rings. The zero-order valence-corrected chi connectivity index (χ0v) is 16.0. The highest BCUT2D eigenvalue weighted by molar-refractivity contribution is 7.11. The average Bonchev–Trinajstić information content (AvgIpc) is 3.03. The van der Waals surface area contributed by atoms with Gasteiger partial charge in [0.15, 0.2) is 0 Å². The fourth-order valence-electron chi connectivity index (χ4n) is 4.59. The fourth-order valence-corrected chi connectivity index (χ4v) is 5.52. The Labute approximate surface area is 157 Å². The first-order chi connectivity index (χ1) is 12.6. The molecule has 2 aromatic heterocycles. The van der Waals surface area contributed by atoms with E-state index in [0.29, 0.717) is 0 Å². The molecule has 0 bridgehead atoms. The molecule has 1 spiro atoms. The number of fused-ring (bicyclic) bond motifs is 1. The Kier molecular flexibility index (Phi) is 3.90. The van der Waals surface area contributed by atoms with E-state index in [1.165, 1.54) is 9.75 Å². The smallest absolute Gasteiger partial charge is 0.223 e. The minimum Gasteiger partial charge on any atom is -0.345 e. The van der Waals surface area contributed by atoms with Gasteiger partial charge in [0.1, 0.15) is 12.2 Å². The first-order valence-electron chi connectivity index (χ1n) is 9.59. The number of hydrogen-bond donors (Lipinski definition) is 1. The number of hydrogen-bond acceptors (Lipinski definition) is 5. The highest BCUT2D eigenvalue weighted by Gasteiger charge is 2.50. The molecule has 1 N–H and O–H groups in total. The van der Waals surface area contributed by atoms with Gasteiger partial charge >= 0.3 is 0 Å². The second kappa shape index (κ2) is 6.16. The van der Waals surface area contributed by atoms with Gasteiger partial charge in [-0.25, -0.2) is 9.67 Å². The number of rotatable bonds is 4. The zero-order valence-electron chi connectivity index (χ0n) is 15.1. The first-order valence-corrected chi connectivity index (χ1v) is 10.4. The van der Waals surface area contributed by atoms with Crippen molar-refractivity contribution in [3.63, 3.8) is 0 Å². The number of aryl methyl sites for hydroxylation is 2. The zero-order chi connectivity index (χ0) is 17.7. The van der Waals surface area contributed by atoms with Crippen molar-refractivity contribution in [2.75, 3.05) is 13.1 Å². The fraction of sp³-hybridized carbons (Fsp3) is 0.632. The van der Waals surface area contributed by atoms with Crippen molar-refractivity contribution in [2.45, 2.75) is 51.7 Å². The summed E-state index contributed by atoms with van der Waals surface area (Å²) in [6.45, 7) is 6.18. The molecule has 1 saturated carbocycles. The molecule has 2 aromatic rings. The Hall–Kier alpha value is -1.73. The lowest BCUT2D eigenvalue weighted by atomic mass is 9.74. The predicted molar refractivity (Wildman–Crippen MR) is 99.6 cm³/mol. The third-order valence-corrected chi connectivity index (χ3v) is 7.20. The second-order valence-electron chi connectivity index (χ2n) is 8.14. The molecular weight excluding hydrogens is 346 g/mol. The molecule has 1 aliphatic carbocycles. The molecule has 26 heavy (non-hydrogen) atoms. The van der Waals surface area contributed by atoms with E-state index < -0.39 is 0 Å². The number of nitrogens with one attached hydrogen (secondary N) is 1. The molecule has 138 valence electrons. The highest BCUT2D eigenvalue weighted by Crippen LogP contribution is 2.48. The highest BCUT2D eigenvalue weighted by atomic mass is 32.1. The van der Waals surface area contributed by atoms with E-state index in [4.69, 9.17) is 0 Å². The van der Waals surface area contributed by atoms with Crippen LogP contribution >= 0.6 is 11.3 Å². The molecule has 5 rings (SSSR count). The molecule has 2 aliphatic heterocycles. The van der Waals surface area contributed by atoms with Crippen molar-refractivity contribution < 1.29 is 4.79 Å². The minimum atomic E-state index is -0.0121. The van der Waals surface area contributed by atoms with E-state index in [9.17, 15) is 4.79 Å². The Bertz CT molecular complexity index is 826. The molecular formula is C19H25N5OS. The van der Waals surface area contributed by atoms with Gasteiger partial charge in [0.2, 0.25) is 5.91 Å². The van der Waals surface area contributed by atoms with Crippen LogP contribution in [0.25, 0.3) is 0 Å². The molecule has 2 fully saturated rings. The molecule has 1 amide bonds. The summed E-state index contributed by atoms with van der Waals surface area (Å²) in [7, 11) is 0. The van der Waals surface area contributed by atoms with E-state index >= 15 is 0 Å². The largest absolute Gasteiger partial charge is 0.345 e. The van der Waals surface area contributed by atoms with E-state index in [1.54, 1.807) is 6.33 Å². The van der Waals surface area contributed by atoms with Crippen molar-refractivity contribution in [3.05, 3.63) is 34.0 Å². The normalized spacial score (nSPS) is 28.4. The number of nitrogens with zero attached hydrogens (tertiary/aromatic N) is 4. The number of amides is 1. The SMILES string of the molecule is Cc1ccc(CN2CC[C@]3(CCn4ncnc4[C@H]3NC(=O)C3CC3)C2)s1. The molecule has 0 aromatic carbocycles. The van der Waals surface area contributed by atoms with Crippen LogP contribution in [0.4, 0.5) is 0 Å². The predicted octanol–water partition coefficient (Wildman–Crippen LogP) is 2.51. The molecule has 7 heteroatoms. The van der Waals surface area contributed by atoms with E-state index in [0.717, 1.165) is 57.7 Å². The standard InChI is InChI=1S/C19H25N5OS/c1-13-2-5-15(26-13)10-23-8-6-19(11-23)7-9-24-17(20-12-21-24)16(19)22-18(25)14-3-4-14/h2,5,12,14,16H,3-4,6-11H2,1H3,(H,22,25)/t16-,19+/m1/s1. The topological polar surface area (TPSA) is 63.1 Å². The molecule has 0 unspecified atom stereocenters. The summed E-state index contributed by atoms with van der Waals surface area (Å²) in [6, 6.07) is 4.43. The lowest BCUT2D eigenvalue weighted by Gasteiger charge is -2.41. The Morgan fingerprint density at radius 2 is 2.19 bits per heavy atom. The first kappa shape index (κ1) is 16.4. The molecule has 6 nitrogen and oxygen atoms in total. The van der Waals surface area contributed by atoms with Crippen LogP contribution in [-0.2, 0) is 17.9 Å². The lowest BCUT2D eigenvalue weighted by molar-refractivity contribution is -0.124. The molecule has 2 atom stereocenters. The van der Waals surface area contributed by atoms with Crippen molar-refractivity contribution >= 4 is 17.2 Å². The van der Waals surface area contributed by atoms with E-state index in [-0.39, 0.29) is 23.3 Å². The van der Waals surface area contributed by atoms with E-state index in [1.807, 2.05) is 16.0 Å².